The minimum absolute atomic E-state index is 0.0963. The van der Waals surface area contributed by atoms with Crippen molar-refractivity contribution >= 4 is 5.91 Å². The van der Waals surface area contributed by atoms with Crippen molar-refractivity contribution in [3.8, 4) is 11.3 Å². The van der Waals surface area contributed by atoms with E-state index in [0.29, 0.717) is 12.1 Å². The Hall–Kier alpha value is -3.66. The maximum atomic E-state index is 13.1. The van der Waals surface area contributed by atoms with Crippen molar-refractivity contribution in [2.24, 2.45) is 5.41 Å². The maximum absolute atomic E-state index is 13.1. The van der Waals surface area contributed by atoms with E-state index < -0.39 is 0 Å². The van der Waals surface area contributed by atoms with Crippen LogP contribution in [0.5, 0.6) is 0 Å². The molecule has 162 valence electrons. The second kappa shape index (κ2) is 9.23. The van der Waals surface area contributed by atoms with Crippen molar-refractivity contribution in [1.82, 2.24) is 14.9 Å². The summed E-state index contributed by atoms with van der Waals surface area (Å²) in [4.78, 5) is 18.1. The van der Waals surface area contributed by atoms with E-state index in [4.69, 9.17) is 4.98 Å². The number of hydrogen-bond donors (Lipinski definition) is 1. The number of rotatable bonds is 6. The molecule has 0 unspecified atom stereocenters. The number of benzene rings is 3. The SMILES string of the molecule is CC(C)(C)[C@@H](NC(=O)c1ccccc1)c1nc(-c2ccccc2)cn1Cc1ccccc1. The molecule has 4 rings (SSSR count). The Balaban J connectivity index is 1.76. The lowest BCUT2D eigenvalue weighted by Crippen LogP contribution is -2.38. The smallest absolute Gasteiger partial charge is 0.251 e. The highest BCUT2D eigenvalue weighted by Gasteiger charge is 2.32. The summed E-state index contributed by atoms with van der Waals surface area (Å²) in [6.45, 7) is 7.08. The molecule has 0 aliphatic carbocycles. The van der Waals surface area contributed by atoms with Gasteiger partial charge in [0.05, 0.1) is 11.7 Å². The lowest BCUT2D eigenvalue weighted by atomic mass is 9.85. The Morgan fingerprint density at radius 3 is 2.03 bits per heavy atom. The fourth-order valence-electron chi connectivity index (χ4n) is 3.79. The van der Waals surface area contributed by atoms with Crippen molar-refractivity contribution in [3.05, 3.63) is 114 Å². The Bertz CT molecular complexity index is 1160. The molecule has 4 aromatic rings. The van der Waals surface area contributed by atoms with Crippen LogP contribution in [0.3, 0.4) is 0 Å². The molecule has 1 amide bonds. The molecule has 1 N–H and O–H groups in total. The van der Waals surface area contributed by atoms with Crippen LogP contribution < -0.4 is 5.32 Å². The van der Waals surface area contributed by atoms with E-state index >= 15 is 0 Å². The summed E-state index contributed by atoms with van der Waals surface area (Å²) < 4.78 is 2.17. The first-order valence-electron chi connectivity index (χ1n) is 10.9. The quantitative estimate of drug-likeness (QED) is 0.406. The van der Waals surface area contributed by atoms with Gasteiger partial charge < -0.3 is 9.88 Å². The normalized spacial score (nSPS) is 12.3. The monoisotopic (exact) mass is 423 g/mol. The largest absolute Gasteiger partial charge is 0.342 e. The molecule has 1 heterocycles. The summed E-state index contributed by atoms with van der Waals surface area (Å²) in [5.41, 5.74) is 3.56. The number of nitrogens with zero attached hydrogens (tertiary/aromatic N) is 2. The number of hydrogen-bond acceptors (Lipinski definition) is 2. The zero-order valence-corrected chi connectivity index (χ0v) is 18.8. The van der Waals surface area contributed by atoms with Crippen molar-refractivity contribution in [1.29, 1.82) is 0 Å². The van der Waals surface area contributed by atoms with Crippen LogP contribution in [0.15, 0.2) is 97.2 Å². The molecule has 0 bridgehead atoms. The van der Waals surface area contributed by atoms with Crippen LogP contribution in [-0.2, 0) is 6.54 Å². The summed E-state index contributed by atoms with van der Waals surface area (Å²) in [7, 11) is 0. The topological polar surface area (TPSA) is 46.9 Å². The predicted octanol–water partition coefficient (Wildman–Crippen LogP) is 6.12. The molecule has 0 radical (unpaired) electrons. The highest BCUT2D eigenvalue weighted by molar-refractivity contribution is 5.94. The van der Waals surface area contributed by atoms with Gasteiger partial charge in [-0.15, -0.1) is 0 Å². The molecule has 32 heavy (non-hydrogen) atoms. The van der Waals surface area contributed by atoms with Crippen LogP contribution in [0, 0.1) is 5.41 Å². The molecule has 0 saturated heterocycles. The van der Waals surface area contributed by atoms with Gasteiger partial charge in [-0.1, -0.05) is 99.6 Å². The van der Waals surface area contributed by atoms with Crippen LogP contribution >= 0.6 is 0 Å². The second-order valence-electron chi connectivity index (χ2n) is 9.10. The summed E-state index contributed by atoms with van der Waals surface area (Å²) in [6.07, 6.45) is 2.09. The fraction of sp³-hybridized carbons (Fsp3) is 0.214. The Kier molecular flexibility index (Phi) is 6.22. The van der Waals surface area contributed by atoms with Gasteiger partial charge in [-0.05, 0) is 23.1 Å². The van der Waals surface area contributed by atoms with E-state index in [2.05, 4.69) is 61.1 Å². The van der Waals surface area contributed by atoms with E-state index in [9.17, 15) is 4.79 Å². The van der Waals surface area contributed by atoms with Gasteiger partial charge in [0.15, 0.2) is 0 Å². The van der Waals surface area contributed by atoms with E-state index in [0.717, 1.165) is 17.1 Å². The Labute approximate surface area is 190 Å². The minimum atomic E-state index is -0.267. The predicted molar refractivity (Wildman–Crippen MR) is 129 cm³/mol. The zero-order valence-electron chi connectivity index (χ0n) is 18.8. The van der Waals surface area contributed by atoms with Gasteiger partial charge in [0.2, 0.25) is 0 Å². The van der Waals surface area contributed by atoms with Gasteiger partial charge in [-0.25, -0.2) is 4.98 Å². The molecular weight excluding hydrogens is 394 g/mol. The highest BCUT2D eigenvalue weighted by Crippen LogP contribution is 2.34. The second-order valence-corrected chi connectivity index (χ2v) is 9.10. The lowest BCUT2D eigenvalue weighted by molar-refractivity contribution is 0.0895. The first-order chi connectivity index (χ1) is 15.4. The van der Waals surface area contributed by atoms with Gasteiger partial charge in [0, 0.05) is 23.9 Å². The molecule has 3 aromatic carbocycles. The van der Waals surface area contributed by atoms with Crippen LogP contribution in [0.2, 0.25) is 0 Å². The average Bonchev–Trinajstić information content (AvgIpc) is 3.21. The van der Waals surface area contributed by atoms with Gasteiger partial charge in [-0.2, -0.15) is 0 Å². The van der Waals surface area contributed by atoms with E-state index in [1.165, 1.54) is 5.56 Å². The number of imidazole rings is 1. The number of aromatic nitrogens is 2. The maximum Gasteiger partial charge on any atom is 0.251 e. The van der Waals surface area contributed by atoms with Gasteiger partial charge in [0.1, 0.15) is 5.82 Å². The molecule has 0 aliphatic heterocycles. The van der Waals surface area contributed by atoms with Crippen LogP contribution in [0.4, 0.5) is 0 Å². The standard InChI is InChI=1S/C28H29N3O/c1-28(2,3)25(30-27(32)23-17-11-6-12-18-23)26-29-24(22-15-9-5-10-16-22)20-31(26)19-21-13-7-4-8-14-21/h4-18,20,25H,19H2,1-3H3,(H,30,32)/t25-/m0/s1. The van der Waals surface area contributed by atoms with Crippen LogP contribution in [-0.4, -0.2) is 15.5 Å². The average molecular weight is 424 g/mol. The Morgan fingerprint density at radius 2 is 1.44 bits per heavy atom. The molecule has 0 aliphatic rings. The van der Waals surface area contributed by atoms with E-state index in [1.54, 1.807) is 0 Å². The Morgan fingerprint density at radius 1 is 0.875 bits per heavy atom. The van der Waals surface area contributed by atoms with Crippen molar-refractivity contribution in [2.45, 2.75) is 33.4 Å². The number of carbonyl (C=O) groups is 1. The van der Waals surface area contributed by atoms with Crippen LogP contribution in [0.1, 0.15) is 48.6 Å². The highest BCUT2D eigenvalue weighted by atomic mass is 16.1. The summed E-state index contributed by atoms with van der Waals surface area (Å²) >= 11 is 0. The van der Waals surface area contributed by atoms with E-state index in [-0.39, 0.29) is 17.4 Å². The number of nitrogens with one attached hydrogen (secondary N) is 1. The molecule has 4 nitrogen and oxygen atoms in total. The molecular formula is C28H29N3O. The number of carbonyl (C=O) groups excluding carboxylic acids is 1. The first kappa shape index (κ1) is 21.6. The number of amides is 1. The lowest BCUT2D eigenvalue weighted by Gasteiger charge is -2.31. The third kappa shape index (κ3) is 4.97. The van der Waals surface area contributed by atoms with Gasteiger partial charge >= 0.3 is 0 Å². The minimum Gasteiger partial charge on any atom is -0.342 e. The zero-order chi connectivity index (χ0) is 22.6. The molecule has 1 atom stereocenters. The molecule has 0 spiro atoms. The molecule has 4 heteroatoms. The van der Waals surface area contributed by atoms with Gasteiger partial charge in [0.25, 0.3) is 5.91 Å². The molecule has 0 fully saturated rings. The third-order valence-corrected chi connectivity index (χ3v) is 5.51. The van der Waals surface area contributed by atoms with Crippen LogP contribution in [0.25, 0.3) is 11.3 Å². The van der Waals surface area contributed by atoms with Gasteiger partial charge in [-0.3, -0.25) is 4.79 Å². The van der Waals surface area contributed by atoms with Crippen molar-refractivity contribution < 1.29 is 4.79 Å². The van der Waals surface area contributed by atoms with Crippen molar-refractivity contribution in [2.75, 3.05) is 0 Å². The van der Waals surface area contributed by atoms with E-state index in [1.807, 2.05) is 66.7 Å². The summed E-state index contributed by atoms with van der Waals surface area (Å²) in [5.74, 6) is 0.755. The van der Waals surface area contributed by atoms with Crippen molar-refractivity contribution in [3.63, 3.8) is 0 Å². The summed E-state index contributed by atoms with van der Waals surface area (Å²) in [5, 5.41) is 3.26. The fourth-order valence-corrected chi connectivity index (χ4v) is 3.79. The first-order valence-corrected chi connectivity index (χ1v) is 10.9. The summed E-state index contributed by atoms with van der Waals surface area (Å²) in [6, 6.07) is 29.6. The molecule has 1 aromatic heterocycles. The molecule has 0 saturated carbocycles. The third-order valence-electron chi connectivity index (χ3n) is 5.51.